The van der Waals surface area contributed by atoms with Crippen LogP contribution in [-0.4, -0.2) is 23.5 Å². The van der Waals surface area contributed by atoms with Crippen molar-refractivity contribution in [2.45, 2.75) is 26.2 Å². The molecule has 18 heavy (non-hydrogen) atoms. The first-order valence-electron chi connectivity index (χ1n) is 6.09. The number of hydrogen-bond acceptors (Lipinski definition) is 3. The SMILES string of the molecule is CC(CC(=O)O)C(=O)c1ccc2c(c1)CCCO2. The van der Waals surface area contributed by atoms with Crippen LogP contribution in [0.5, 0.6) is 5.75 Å². The Bertz CT molecular complexity index is 479. The van der Waals surface area contributed by atoms with Gasteiger partial charge in [-0.25, -0.2) is 0 Å². The van der Waals surface area contributed by atoms with Crippen LogP contribution in [0.15, 0.2) is 18.2 Å². The number of carboxylic acids is 1. The van der Waals surface area contributed by atoms with Gasteiger partial charge in [-0.15, -0.1) is 0 Å². The minimum absolute atomic E-state index is 0.120. The lowest BCUT2D eigenvalue weighted by atomic mass is 9.94. The molecule has 0 saturated heterocycles. The summed E-state index contributed by atoms with van der Waals surface area (Å²) in [5, 5.41) is 8.70. The van der Waals surface area contributed by atoms with E-state index in [9.17, 15) is 9.59 Å². The Morgan fingerprint density at radius 2 is 2.22 bits per heavy atom. The Morgan fingerprint density at radius 1 is 1.44 bits per heavy atom. The molecule has 4 nitrogen and oxygen atoms in total. The fourth-order valence-electron chi connectivity index (χ4n) is 2.15. The summed E-state index contributed by atoms with van der Waals surface area (Å²) in [4.78, 5) is 22.7. The Balaban J connectivity index is 2.18. The average Bonchev–Trinajstić information content (AvgIpc) is 2.36. The summed E-state index contributed by atoms with van der Waals surface area (Å²) in [6.07, 6.45) is 1.73. The first-order valence-corrected chi connectivity index (χ1v) is 6.09. The third kappa shape index (κ3) is 2.70. The maximum Gasteiger partial charge on any atom is 0.304 e. The van der Waals surface area contributed by atoms with Crippen molar-refractivity contribution in [3.63, 3.8) is 0 Å². The molecule has 0 aliphatic carbocycles. The van der Waals surface area contributed by atoms with E-state index in [2.05, 4.69) is 0 Å². The van der Waals surface area contributed by atoms with Gasteiger partial charge in [-0.1, -0.05) is 6.92 Å². The van der Waals surface area contributed by atoms with Gasteiger partial charge in [0.15, 0.2) is 5.78 Å². The van der Waals surface area contributed by atoms with Gasteiger partial charge in [-0.3, -0.25) is 9.59 Å². The highest BCUT2D eigenvalue weighted by molar-refractivity contribution is 5.99. The zero-order valence-corrected chi connectivity index (χ0v) is 10.3. The largest absolute Gasteiger partial charge is 0.493 e. The average molecular weight is 248 g/mol. The summed E-state index contributed by atoms with van der Waals surface area (Å²) in [5.41, 5.74) is 1.61. The standard InChI is InChI=1S/C14H16O4/c1-9(7-13(15)16)14(17)11-4-5-12-10(8-11)3-2-6-18-12/h4-5,8-9H,2-3,6-7H2,1H3,(H,15,16). The van der Waals surface area contributed by atoms with Crippen LogP contribution in [0.4, 0.5) is 0 Å². The van der Waals surface area contributed by atoms with Gasteiger partial charge in [0.1, 0.15) is 5.75 Å². The summed E-state index contributed by atoms with van der Waals surface area (Å²) in [5.74, 6) is -0.725. The topological polar surface area (TPSA) is 63.6 Å². The predicted octanol–water partition coefficient (Wildman–Crippen LogP) is 2.31. The molecule has 1 heterocycles. The number of aryl methyl sites for hydroxylation is 1. The minimum atomic E-state index is -0.947. The Labute approximate surface area is 106 Å². The number of aliphatic carboxylic acids is 1. The highest BCUT2D eigenvalue weighted by Crippen LogP contribution is 2.26. The number of benzene rings is 1. The van der Waals surface area contributed by atoms with Gasteiger partial charge in [0.25, 0.3) is 0 Å². The molecular formula is C14H16O4. The van der Waals surface area contributed by atoms with E-state index in [1.807, 2.05) is 6.07 Å². The summed E-state index contributed by atoms with van der Waals surface area (Å²) in [7, 11) is 0. The maximum atomic E-state index is 12.1. The highest BCUT2D eigenvalue weighted by Gasteiger charge is 2.20. The normalized spacial score (nSPS) is 15.4. The second-order valence-corrected chi connectivity index (χ2v) is 4.64. The predicted molar refractivity (Wildman–Crippen MR) is 66.0 cm³/mol. The molecule has 1 aliphatic heterocycles. The second kappa shape index (κ2) is 5.21. The van der Waals surface area contributed by atoms with Gasteiger partial charge < -0.3 is 9.84 Å². The smallest absolute Gasteiger partial charge is 0.304 e. The third-order valence-corrected chi connectivity index (χ3v) is 3.12. The fourth-order valence-corrected chi connectivity index (χ4v) is 2.15. The molecule has 4 heteroatoms. The monoisotopic (exact) mass is 248 g/mol. The molecule has 1 aromatic carbocycles. The summed E-state index contributed by atoms with van der Waals surface area (Å²) in [6, 6.07) is 5.34. The zero-order valence-electron chi connectivity index (χ0n) is 10.3. The van der Waals surface area contributed by atoms with Gasteiger partial charge in [-0.2, -0.15) is 0 Å². The summed E-state index contributed by atoms with van der Waals surface area (Å²) in [6.45, 7) is 2.36. The summed E-state index contributed by atoms with van der Waals surface area (Å²) >= 11 is 0. The molecular weight excluding hydrogens is 232 g/mol. The van der Waals surface area contributed by atoms with Crippen LogP contribution in [0.1, 0.15) is 35.7 Å². The molecule has 1 unspecified atom stereocenters. The van der Waals surface area contributed by atoms with Gasteiger partial charge in [0.2, 0.25) is 0 Å². The van der Waals surface area contributed by atoms with Crippen LogP contribution in [-0.2, 0) is 11.2 Å². The molecule has 1 aromatic rings. The lowest BCUT2D eigenvalue weighted by molar-refractivity contribution is -0.137. The van der Waals surface area contributed by atoms with E-state index in [4.69, 9.17) is 9.84 Å². The van der Waals surface area contributed by atoms with Gasteiger partial charge >= 0.3 is 5.97 Å². The molecule has 1 N–H and O–H groups in total. The second-order valence-electron chi connectivity index (χ2n) is 4.64. The van der Waals surface area contributed by atoms with Crippen molar-refractivity contribution >= 4 is 11.8 Å². The molecule has 0 aromatic heterocycles. The number of ketones is 1. The van der Waals surface area contributed by atoms with E-state index >= 15 is 0 Å². The Hall–Kier alpha value is -1.84. The molecule has 2 rings (SSSR count). The van der Waals surface area contributed by atoms with Crippen LogP contribution >= 0.6 is 0 Å². The van der Waals surface area contributed by atoms with Crippen molar-refractivity contribution in [2.24, 2.45) is 5.92 Å². The Morgan fingerprint density at radius 3 is 2.94 bits per heavy atom. The first-order chi connectivity index (χ1) is 8.58. The van der Waals surface area contributed by atoms with Crippen molar-refractivity contribution in [1.82, 2.24) is 0 Å². The molecule has 1 aliphatic rings. The third-order valence-electron chi connectivity index (χ3n) is 3.12. The molecule has 0 amide bonds. The van der Waals surface area contributed by atoms with Gasteiger partial charge in [-0.05, 0) is 36.6 Å². The molecule has 96 valence electrons. The summed E-state index contributed by atoms with van der Waals surface area (Å²) < 4.78 is 5.48. The van der Waals surface area contributed by atoms with E-state index in [0.717, 1.165) is 30.8 Å². The lowest BCUT2D eigenvalue weighted by Gasteiger charge is -2.18. The quantitative estimate of drug-likeness (QED) is 0.830. The van der Waals surface area contributed by atoms with Crippen molar-refractivity contribution in [3.05, 3.63) is 29.3 Å². The van der Waals surface area contributed by atoms with Crippen LogP contribution in [0.25, 0.3) is 0 Å². The number of ether oxygens (including phenoxy) is 1. The molecule has 0 spiro atoms. The number of carbonyl (C=O) groups is 2. The minimum Gasteiger partial charge on any atom is -0.493 e. The first kappa shape index (κ1) is 12.6. The van der Waals surface area contributed by atoms with Crippen molar-refractivity contribution < 1.29 is 19.4 Å². The molecule has 1 atom stereocenters. The zero-order chi connectivity index (χ0) is 13.1. The van der Waals surface area contributed by atoms with Crippen molar-refractivity contribution in [3.8, 4) is 5.75 Å². The van der Waals surface area contributed by atoms with E-state index in [1.165, 1.54) is 0 Å². The van der Waals surface area contributed by atoms with E-state index in [1.54, 1.807) is 19.1 Å². The number of hydrogen-bond donors (Lipinski definition) is 1. The maximum absolute atomic E-state index is 12.1. The van der Waals surface area contributed by atoms with Crippen LogP contribution < -0.4 is 4.74 Å². The molecule has 0 saturated carbocycles. The number of fused-ring (bicyclic) bond motifs is 1. The van der Waals surface area contributed by atoms with Crippen LogP contribution in [0, 0.1) is 5.92 Å². The molecule has 0 fully saturated rings. The van der Waals surface area contributed by atoms with Gasteiger partial charge in [0, 0.05) is 11.5 Å². The van der Waals surface area contributed by atoms with E-state index < -0.39 is 11.9 Å². The highest BCUT2D eigenvalue weighted by atomic mass is 16.5. The number of Topliss-reactive ketones (excluding diaryl/α,β-unsaturated/α-hetero) is 1. The van der Waals surface area contributed by atoms with Crippen LogP contribution in [0.3, 0.4) is 0 Å². The Kier molecular flexibility index (Phi) is 3.65. The number of carboxylic acid groups (broad SMARTS) is 1. The molecule has 0 bridgehead atoms. The number of carbonyl (C=O) groups excluding carboxylic acids is 1. The van der Waals surface area contributed by atoms with E-state index in [-0.39, 0.29) is 12.2 Å². The van der Waals surface area contributed by atoms with Gasteiger partial charge in [0.05, 0.1) is 13.0 Å². The fraction of sp³-hybridized carbons (Fsp3) is 0.429. The van der Waals surface area contributed by atoms with Crippen molar-refractivity contribution in [2.75, 3.05) is 6.61 Å². The lowest BCUT2D eigenvalue weighted by Crippen LogP contribution is -2.16. The van der Waals surface area contributed by atoms with E-state index in [0.29, 0.717) is 5.56 Å². The van der Waals surface area contributed by atoms with Crippen molar-refractivity contribution in [1.29, 1.82) is 0 Å². The van der Waals surface area contributed by atoms with Crippen LogP contribution in [0.2, 0.25) is 0 Å². The number of rotatable bonds is 4. The molecule has 0 radical (unpaired) electrons.